The lowest BCUT2D eigenvalue weighted by atomic mass is 9.69. The summed E-state index contributed by atoms with van der Waals surface area (Å²) in [5.41, 5.74) is 1.83. The lowest BCUT2D eigenvalue weighted by molar-refractivity contribution is -0.137. The van der Waals surface area contributed by atoms with Crippen LogP contribution >= 0.6 is 0 Å². The number of ether oxygens (including phenoxy) is 2. The maximum absolute atomic E-state index is 13.6. The highest BCUT2D eigenvalue weighted by Crippen LogP contribution is 2.56. The van der Waals surface area contributed by atoms with Crippen LogP contribution in [0.25, 0.3) is 0 Å². The Balaban J connectivity index is 1.45. The Kier molecular flexibility index (Phi) is 7.56. The summed E-state index contributed by atoms with van der Waals surface area (Å²) in [6.07, 6.45) is 7.51. The summed E-state index contributed by atoms with van der Waals surface area (Å²) < 4.78 is 39.0. The fourth-order valence-corrected chi connectivity index (χ4v) is 5.38. The molecule has 2 fully saturated rings. The fraction of sp³-hybridized carbons (Fsp3) is 0.444. The first-order valence-electron chi connectivity index (χ1n) is 11.5. The Morgan fingerprint density at radius 1 is 1.09 bits per heavy atom. The fourth-order valence-electron chi connectivity index (χ4n) is 5.38. The van der Waals surface area contributed by atoms with Crippen molar-refractivity contribution in [1.29, 1.82) is 0 Å². The molecule has 2 aromatic carbocycles. The number of unbranched alkanes of at least 4 members (excludes halogenated alkanes) is 1. The van der Waals surface area contributed by atoms with Gasteiger partial charge in [-0.15, -0.1) is 0 Å². The smallest absolute Gasteiger partial charge is 0.303 e. The number of hydrogen-bond acceptors (Lipinski definition) is 3. The number of allylic oxidation sites excluding steroid dienone is 2. The lowest BCUT2D eigenvalue weighted by Crippen LogP contribution is -2.41. The van der Waals surface area contributed by atoms with Crippen molar-refractivity contribution in [3.63, 3.8) is 0 Å². The molecule has 176 valence electrons. The third-order valence-electron chi connectivity index (χ3n) is 7.05. The third kappa shape index (κ3) is 5.50. The van der Waals surface area contributed by atoms with E-state index in [0.717, 1.165) is 30.4 Å². The van der Waals surface area contributed by atoms with E-state index in [4.69, 9.17) is 14.6 Å². The van der Waals surface area contributed by atoms with Gasteiger partial charge in [0.15, 0.2) is 0 Å². The first kappa shape index (κ1) is 23.6. The zero-order valence-corrected chi connectivity index (χ0v) is 18.6. The number of fused-ring (bicyclic) bond motifs is 2. The van der Waals surface area contributed by atoms with Gasteiger partial charge >= 0.3 is 5.97 Å². The molecule has 1 N–H and O–H groups in total. The summed E-state index contributed by atoms with van der Waals surface area (Å²) in [6.45, 7) is 1.54. The highest BCUT2D eigenvalue weighted by Gasteiger charge is 2.59. The van der Waals surface area contributed by atoms with Crippen molar-refractivity contribution >= 4 is 5.97 Å². The highest BCUT2D eigenvalue weighted by molar-refractivity contribution is 5.66. The van der Waals surface area contributed by atoms with E-state index in [-0.39, 0.29) is 41.4 Å². The second-order valence-corrected chi connectivity index (χ2v) is 9.12. The molecule has 0 aromatic heterocycles. The van der Waals surface area contributed by atoms with Crippen LogP contribution in [0, 0.1) is 23.5 Å². The minimum atomic E-state index is -0.776. The molecule has 1 heterocycles. The van der Waals surface area contributed by atoms with Crippen LogP contribution < -0.4 is 0 Å². The van der Waals surface area contributed by atoms with Gasteiger partial charge in [-0.1, -0.05) is 36.4 Å². The first-order chi connectivity index (χ1) is 16.0. The maximum Gasteiger partial charge on any atom is 0.303 e. The van der Waals surface area contributed by atoms with Crippen molar-refractivity contribution in [3.05, 3.63) is 83.4 Å². The van der Waals surface area contributed by atoms with E-state index >= 15 is 0 Å². The molecule has 2 bridgehead atoms. The van der Waals surface area contributed by atoms with E-state index in [0.29, 0.717) is 26.2 Å². The molecule has 1 aliphatic heterocycles. The van der Waals surface area contributed by atoms with E-state index in [1.165, 1.54) is 24.3 Å². The van der Waals surface area contributed by atoms with Crippen LogP contribution in [0.1, 0.15) is 43.2 Å². The van der Waals surface area contributed by atoms with Gasteiger partial charge in [0.1, 0.15) is 11.6 Å². The minimum Gasteiger partial charge on any atom is -0.481 e. The van der Waals surface area contributed by atoms with E-state index in [1.807, 2.05) is 12.1 Å². The molecule has 4 atom stereocenters. The van der Waals surface area contributed by atoms with Crippen LogP contribution in [-0.2, 0) is 26.3 Å². The van der Waals surface area contributed by atoms with Crippen LogP contribution in [-0.4, -0.2) is 30.4 Å². The van der Waals surface area contributed by atoms with Crippen molar-refractivity contribution in [2.24, 2.45) is 11.8 Å². The van der Waals surface area contributed by atoms with Gasteiger partial charge in [-0.25, -0.2) is 8.78 Å². The van der Waals surface area contributed by atoms with Gasteiger partial charge in [0.2, 0.25) is 0 Å². The van der Waals surface area contributed by atoms with Crippen molar-refractivity contribution in [3.8, 4) is 0 Å². The lowest BCUT2D eigenvalue weighted by Gasteiger charge is -2.39. The van der Waals surface area contributed by atoms with Gasteiger partial charge in [0, 0.05) is 17.8 Å². The van der Waals surface area contributed by atoms with E-state index in [2.05, 4.69) is 12.2 Å². The predicted octanol–water partition coefficient (Wildman–Crippen LogP) is 5.66. The van der Waals surface area contributed by atoms with Crippen LogP contribution in [0.5, 0.6) is 0 Å². The van der Waals surface area contributed by atoms with Gasteiger partial charge in [-0.2, -0.15) is 0 Å². The molecule has 2 aliphatic rings. The van der Waals surface area contributed by atoms with Crippen molar-refractivity contribution < 1.29 is 28.2 Å². The van der Waals surface area contributed by atoms with Gasteiger partial charge in [0.05, 0.1) is 25.9 Å². The quantitative estimate of drug-likeness (QED) is 0.350. The predicted molar refractivity (Wildman–Crippen MR) is 121 cm³/mol. The number of carbonyl (C=O) groups is 1. The van der Waals surface area contributed by atoms with Gasteiger partial charge in [-0.05, 0) is 67.0 Å². The van der Waals surface area contributed by atoms with Crippen LogP contribution in [0.3, 0.4) is 0 Å². The molecule has 1 saturated heterocycles. The number of aliphatic carboxylic acids is 1. The Bertz CT molecular complexity index is 957. The Hall–Kier alpha value is -2.57. The Labute approximate surface area is 193 Å². The van der Waals surface area contributed by atoms with Gasteiger partial charge < -0.3 is 14.6 Å². The first-order valence-corrected chi connectivity index (χ1v) is 11.5. The number of hydrogen-bond donors (Lipinski definition) is 1. The second kappa shape index (κ2) is 10.6. The summed E-state index contributed by atoms with van der Waals surface area (Å²) in [6, 6.07) is 13.1. The molecular formula is C27H30F2O4. The normalized spacial score (nSPS) is 26.3. The van der Waals surface area contributed by atoms with Crippen molar-refractivity contribution in [2.75, 3.05) is 13.2 Å². The molecule has 4 nitrogen and oxygen atoms in total. The number of benzene rings is 2. The van der Waals surface area contributed by atoms with E-state index in [1.54, 1.807) is 12.1 Å². The Morgan fingerprint density at radius 3 is 2.48 bits per heavy atom. The van der Waals surface area contributed by atoms with Gasteiger partial charge in [0.25, 0.3) is 0 Å². The topological polar surface area (TPSA) is 55.8 Å². The molecule has 6 heteroatoms. The van der Waals surface area contributed by atoms with Crippen LogP contribution in [0.2, 0.25) is 0 Å². The zero-order chi connectivity index (χ0) is 23.3. The average molecular weight is 457 g/mol. The van der Waals surface area contributed by atoms with Gasteiger partial charge in [-0.3, -0.25) is 4.79 Å². The standard InChI is InChI=1S/C27H30F2O4/c28-21-11-7-19(8-12-21)16-32-17-23-24(5-3-1-2-4-6-26(30)31)27(15-25(23)33-18-27)20-9-13-22(29)14-10-20/h1,3,7-14,23-25H,2,4-6,15-18H2,(H,30,31)/b3-1-/t23-,24-,25-,27-/m0/s1. The van der Waals surface area contributed by atoms with Crippen molar-refractivity contribution in [2.45, 2.75) is 50.2 Å². The zero-order valence-electron chi connectivity index (χ0n) is 18.6. The monoisotopic (exact) mass is 456 g/mol. The Morgan fingerprint density at radius 2 is 1.79 bits per heavy atom. The number of halogens is 2. The molecule has 1 saturated carbocycles. The largest absolute Gasteiger partial charge is 0.481 e. The SMILES string of the molecule is O=C(O)CCC/C=C\C[C@H]1[C@H](COCc2ccc(F)cc2)[C@@H]2C[C@@]1(c1ccc(F)cc1)CO2. The molecular weight excluding hydrogens is 426 g/mol. The number of carboxylic acid groups (broad SMARTS) is 1. The maximum atomic E-state index is 13.6. The van der Waals surface area contributed by atoms with E-state index < -0.39 is 5.97 Å². The van der Waals surface area contributed by atoms with Crippen LogP contribution in [0.15, 0.2) is 60.7 Å². The van der Waals surface area contributed by atoms with Crippen LogP contribution in [0.4, 0.5) is 8.78 Å². The summed E-state index contributed by atoms with van der Waals surface area (Å²) in [7, 11) is 0. The van der Waals surface area contributed by atoms with E-state index in [9.17, 15) is 13.6 Å². The highest BCUT2D eigenvalue weighted by atomic mass is 19.1. The molecule has 0 spiro atoms. The minimum absolute atomic E-state index is 0.0775. The molecule has 33 heavy (non-hydrogen) atoms. The summed E-state index contributed by atoms with van der Waals surface area (Å²) in [5, 5.41) is 8.81. The second-order valence-electron chi connectivity index (χ2n) is 9.12. The molecule has 1 aliphatic carbocycles. The summed E-state index contributed by atoms with van der Waals surface area (Å²) in [5.74, 6) is -0.838. The number of carboxylic acids is 1. The number of rotatable bonds is 11. The molecule has 4 rings (SSSR count). The molecule has 0 radical (unpaired) electrons. The molecule has 0 amide bonds. The summed E-state index contributed by atoms with van der Waals surface area (Å²) >= 11 is 0. The molecule has 2 aromatic rings. The van der Waals surface area contributed by atoms with Crippen molar-refractivity contribution in [1.82, 2.24) is 0 Å². The average Bonchev–Trinajstić information content (AvgIpc) is 3.36. The molecule has 0 unspecified atom stereocenters. The third-order valence-corrected chi connectivity index (χ3v) is 7.05. The summed E-state index contributed by atoms with van der Waals surface area (Å²) in [4.78, 5) is 10.7.